The molecule has 35 heavy (non-hydrogen) atoms. The summed E-state index contributed by atoms with van der Waals surface area (Å²) in [7, 11) is 3.15. The molecule has 3 aromatic carbocycles. The minimum atomic E-state index is -0.374. The number of nitrogen functional groups attached to an aromatic ring is 1. The molecular weight excluding hydrogens is 442 g/mol. The van der Waals surface area contributed by atoms with E-state index in [1.165, 1.54) is 0 Å². The fourth-order valence-electron chi connectivity index (χ4n) is 4.11. The van der Waals surface area contributed by atoms with Gasteiger partial charge in [-0.15, -0.1) is 0 Å². The molecule has 0 aliphatic carbocycles. The third-order valence-corrected chi connectivity index (χ3v) is 6.12. The number of aromatic nitrogens is 3. The van der Waals surface area contributed by atoms with Crippen LogP contribution in [-0.4, -0.2) is 34.7 Å². The lowest BCUT2D eigenvalue weighted by Crippen LogP contribution is -2.15. The van der Waals surface area contributed by atoms with E-state index in [-0.39, 0.29) is 17.3 Å². The van der Waals surface area contributed by atoms with Gasteiger partial charge >= 0.3 is 0 Å². The second-order valence-electron chi connectivity index (χ2n) is 8.27. The van der Waals surface area contributed by atoms with Crippen molar-refractivity contribution in [3.8, 4) is 17.2 Å². The van der Waals surface area contributed by atoms with Crippen molar-refractivity contribution in [2.45, 2.75) is 13.8 Å². The van der Waals surface area contributed by atoms with Gasteiger partial charge in [-0.05, 0) is 61.4 Å². The first-order valence-electron chi connectivity index (χ1n) is 11.1. The van der Waals surface area contributed by atoms with Crippen molar-refractivity contribution in [1.82, 2.24) is 14.5 Å². The highest BCUT2D eigenvalue weighted by Crippen LogP contribution is 2.36. The molecule has 0 unspecified atom stereocenters. The Kier molecular flexibility index (Phi) is 5.49. The van der Waals surface area contributed by atoms with Crippen molar-refractivity contribution in [2.24, 2.45) is 0 Å². The van der Waals surface area contributed by atoms with E-state index in [4.69, 9.17) is 25.2 Å². The van der Waals surface area contributed by atoms with Gasteiger partial charge in [0.1, 0.15) is 28.4 Å². The average Bonchev–Trinajstić information content (AvgIpc) is 3.14. The van der Waals surface area contributed by atoms with E-state index in [1.807, 2.05) is 56.3 Å². The van der Waals surface area contributed by atoms with Crippen molar-refractivity contribution in [1.29, 1.82) is 0 Å². The first kappa shape index (κ1) is 22.2. The number of hydrogen-bond donors (Lipinski definition) is 2. The predicted molar refractivity (Wildman–Crippen MR) is 138 cm³/mol. The molecule has 0 bridgehead atoms. The Morgan fingerprint density at radius 1 is 0.914 bits per heavy atom. The van der Waals surface area contributed by atoms with Gasteiger partial charge in [-0.1, -0.05) is 18.2 Å². The van der Waals surface area contributed by atoms with Gasteiger partial charge in [-0.25, -0.2) is 9.97 Å². The molecule has 176 valence electrons. The summed E-state index contributed by atoms with van der Waals surface area (Å²) in [4.78, 5) is 23.2. The summed E-state index contributed by atoms with van der Waals surface area (Å²) in [6.45, 7) is 4.02. The third-order valence-electron chi connectivity index (χ3n) is 6.12. The van der Waals surface area contributed by atoms with Crippen LogP contribution in [0.3, 0.4) is 0 Å². The number of methoxy groups -OCH3 is 2. The van der Waals surface area contributed by atoms with Gasteiger partial charge in [0.25, 0.3) is 5.91 Å². The van der Waals surface area contributed by atoms with E-state index in [1.54, 1.807) is 37.0 Å². The van der Waals surface area contributed by atoms with E-state index < -0.39 is 0 Å². The normalized spacial score (nSPS) is 11.1. The lowest BCUT2D eigenvalue weighted by Gasteiger charge is -2.14. The molecule has 5 aromatic rings. The first-order chi connectivity index (χ1) is 16.9. The summed E-state index contributed by atoms with van der Waals surface area (Å²) in [5, 5.41) is 2.97. The van der Waals surface area contributed by atoms with E-state index in [9.17, 15) is 4.79 Å². The number of carbonyl (C=O) groups excluding carboxylic acids is 1. The summed E-state index contributed by atoms with van der Waals surface area (Å²) in [6.07, 6.45) is 0. The maximum atomic E-state index is 13.6. The van der Waals surface area contributed by atoms with Gasteiger partial charge in [0, 0.05) is 11.8 Å². The summed E-state index contributed by atoms with van der Waals surface area (Å²) < 4.78 is 12.7. The Bertz CT molecular complexity index is 1610. The molecule has 0 fully saturated rings. The minimum Gasteiger partial charge on any atom is -0.497 e. The van der Waals surface area contributed by atoms with Crippen LogP contribution in [0.15, 0.2) is 60.7 Å². The number of ether oxygens (including phenoxy) is 2. The zero-order valence-electron chi connectivity index (χ0n) is 19.9. The molecule has 3 N–H and O–H groups in total. The molecule has 0 aliphatic rings. The Balaban J connectivity index is 1.77. The Morgan fingerprint density at radius 2 is 1.66 bits per heavy atom. The fraction of sp³-hybridized carbons (Fsp3) is 0.148. The molecule has 0 radical (unpaired) electrons. The van der Waals surface area contributed by atoms with Gasteiger partial charge in [0.05, 0.1) is 30.9 Å². The number of nitrogens with zero attached hydrogens (tertiary/aromatic N) is 3. The maximum Gasteiger partial charge on any atom is 0.261 e. The molecule has 0 aliphatic heterocycles. The molecule has 2 heterocycles. The smallest absolute Gasteiger partial charge is 0.261 e. The number of aryl methyl sites for hydroxylation is 2. The van der Waals surface area contributed by atoms with Gasteiger partial charge in [0.15, 0.2) is 5.65 Å². The summed E-state index contributed by atoms with van der Waals surface area (Å²) in [6, 6.07) is 18.6. The number of anilines is 2. The maximum absolute atomic E-state index is 13.6. The second kappa shape index (κ2) is 8.64. The van der Waals surface area contributed by atoms with Crippen LogP contribution in [0.1, 0.15) is 21.5 Å². The predicted octanol–water partition coefficient (Wildman–Crippen LogP) is 5.04. The SMILES string of the molecule is COc1ccc(OC)c(-n2c(N)c(C(=O)Nc3ccc(C)c(C)c3)c3nc4ccccc4nc32)c1. The zero-order chi connectivity index (χ0) is 24.7. The number of fused-ring (bicyclic) bond motifs is 2. The summed E-state index contributed by atoms with van der Waals surface area (Å²) >= 11 is 0. The number of benzene rings is 3. The molecule has 2 aromatic heterocycles. The van der Waals surface area contributed by atoms with Crippen LogP contribution in [0.25, 0.3) is 27.9 Å². The number of nitrogens with one attached hydrogen (secondary N) is 1. The molecule has 5 rings (SSSR count). The van der Waals surface area contributed by atoms with Crippen LogP contribution >= 0.6 is 0 Å². The van der Waals surface area contributed by atoms with Crippen LogP contribution < -0.4 is 20.5 Å². The first-order valence-corrected chi connectivity index (χ1v) is 11.1. The Labute approximate surface area is 202 Å². The number of rotatable bonds is 5. The monoisotopic (exact) mass is 467 g/mol. The van der Waals surface area contributed by atoms with E-state index in [0.29, 0.717) is 45.1 Å². The Hall–Kier alpha value is -4.59. The van der Waals surface area contributed by atoms with E-state index in [2.05, 4.69) is 5.32 Å². The van der Waals surface area contributed by atoms with Crippen molar-refractivity contribution >= 4 is 39.6 Å². The molecule has 1 amide bonds. The van der Waals surface area contributed by atoms with Crippen molar-refractivity contribution in [3.63, 3.8) is 0 Å². The quantitative estimate of drug-likeness (QED) is 0.375. The van der Waals surface area contributed by atoms with Gasteiger partial charge in [0.2, 0.25) is 0 Å². The molecule has 8 nitrogen and oxygen atoms in total. The van der Waals surface area contributed by atoms with Gasteiger partial charge in [-0.3, -0.25) is 9.36 Å². The summed E-state index contributed by atoms with van der Waals surface area (Å²) in [5.41, 5.74) is 12.6. The molecule has 0 saturated heterocycles. The number of hydrogen-bond acceptors (Lipinski definition) is 6. The van der Waals surface area contributed by atoms with Crippen molar-refractivity contribution in [2.75, 3.05) is 25.3 Å². The third kappa shape index (κ3) is 3.78. The van der Waals surface area contributed by atoms with E-state index >= 15 is 0 Å². The highest BCUT2D eigenvalue weighted by Gasteiger charge is 2.26. The van der Waals surface area contributed by atoms with E-state index in [0.717, 1.165) is 11.1 Å². The van der Waals surface area contributed by atoms with Crippen molar-refractivity contribution < 1.29 is 14.3 Å². The topological polar surface area (TPSA) is 104 Å². The van der Waals surface area contributed by atoms with Gasteiger partial charge < -0.3 is 20.5 Å². The number of nitrogens with two attached hydrogens (primary N) is 1. The largest absolute Gasteiger partial charge is 0.497 e. The van der Waals surface area contributed by atoms with Crippen LogP contribution in [-0.2, 0) is 0 Å². The molecular formula is C27H25N5O3. The summed E-state index contributed by atoms with van der Waals surface area (Å²) in [5.74, 6) is 0.978. The molecule has 0 atom stereocenters. The minimum absolute atomic E-state index is 0.197. The zero-order valence-corrected chi connectivity index (χ0v) is 19.9. The van der Waals surface area contributed by atoms with Crippen molar-refractivity contribution in [3.05, 3.63) is 77.4 Å². The average molecular weight is 468 g/mol. The molecule has 0 spiro atoms. The van der Waals surface area contributed by atoms with Crippen LogP contribution in [0.4, 0.5) is 11.5 Å². The highest BCUT2D eigenvalue weighted by atomic mass is 16.5. The molecule has 0 saturated carbocycles. The Morgan fingerprint density at radius 3 is 2.34 bits per heavy atom. The number of para-hydroxylation sites is 2. The van der Waals surface area contributed by atoms with Crippen LogP contribution in [0, 0.1) is 13.8 Å². The van der Waals surface area contributed by atoms with Crippen LogP contribution in [0.5, 0.6) is 11.5 Å². The lowest BCUT2D eigenvalue weighted by molar-refractivity contribution is 0.102. The molecule has 8 heteroatoms. The highest BCUT2D eigenvalue weighted by molar-refractivity contribution is 6.16. The second-order valence-corrected chi connectivity index (χ2v) is 8.27. The standard InChI is InChI=1S/C27H25N5O3/c1-15-9-10-17(13-16(15)2)29-27(33)23-24-26(31-20-8-6-5-7-19(20)30-24)32(25(23)28)21-14-18(34-3)11-12-22(21)35-4/h5-14H,28H2,1-4H3,(H,29,33). The lowest BCUT2D eigenvalue weighted by atomic mass is 10.1. The number of carbonyl (C=O) groups is 1. The van der Waals surface area contributed by atoms with Crippen LogP contribution in [0.2, 0.25) is 0 Å². The number of amides is 1. The fourth-order valence-corrected chi connectivity index (χ4v) is 4.11. The van der Waals surface area contributed by atoms with Gasteiger partial charge in [-0.2, -0.15) is 0 Å².